The van der Waals surface area contributed by atoms with Crippen LogP contribution in [0.15, 0.2) is 24.3 Å². The van der Waals surface area contributed by atoms with Gasteiger partial charge in [0.25, 0.3) is 0 Å². The number of ether oxygens (including phenoxy) is 1. The van der Waals surface area contributed by atoms with E-state index in [0.29, 0.717) is 24.4 Å². The summed E-state index contributed by atoms with van der Waals surface area (Å²) in [5, 5.41) is 13.7. The summed E-state index contributed by atoms with van der Waals surface area (Å²) in [6.45, 7) is 2.37. The summed E-state index contributed by atoms with van der Waals surface area (Å²) in [5.41, 5.74) is 1.10. The normalized spacial score (nSPS) is 10.0. The first-order chi connectivity index (χ1) is 9.13. The van der Waals surface area contributed by atoms with E-state index in [2.05, 4.69) is 10.6 Å². The fourth-order valence-corrected chi connectivity index (χ4v) is 1.39. The predicted octanol–water partition coefficient (Wildman–Crippen LogP) is 1.02. The molecule has 0 aromatic heterocycles. The Balaban J connectivity index is 2.35. The Hall–Kier alpha value is -1.92. The average molecular weight is 266 g/mol. The standard InChI is InChI=1S/C13H18N2O4/c1-10(17)11-3-2-4-12(9-11)15-13(18)14-5-7-19-8-6-16/h2-4,9,16H,5-8H2,1H3,(H2,14,15,18). The predicted molar refractivity (Wildman–Crippen MR) is 71.4 cm³/mol. The van der Waals surface area contributed by atoms with E-state index in [9.17, 15) is 9.59 Å². The van der Waals surface area contributed by atoms with Gasteiger partial charge in [0.15, 0.2) is 5.78 Å². The molecule has 0 fully saturated rings. The van der Waals surface area contributed by atoms with Gasteiger partial charge in [0, 0.05) is 17.8 Å². The lowest BCUT2D eigenvalue weighted by Crippen LogP contribution is -2.31. The number of ketones is 1. The molecule has 104 valence electrons. The molecule has 2 amide bonds. The van der Waals surface area contributed by atoms with Crippen LogP contribution in [0, 0.1) is 0 Å². The van der Waals surface area contributed by atoms with Crippen LogP contribution in [-0.2, 0) is 4.74 Å². The maximum absolute atomic E-state index is 11.5. The summed E-state index contributed by atoms with van der Waals surface area (Å²) < 4.78 is 5.00. The van der Waals surface area contributed by atoms with E-state index in [1.807, 2.05) is 0 Å². The van der Waals surface area contributed by atoms with Crippen LogP contribution in [0.25, 0.3) is 0 Å². The number of urea groups is 1. The molecule has 1 aromatic carbocycles. The van der Waals surface area contributed by atoms with Crippen LogP contribution in [0.1, 0.15) is 17.3 Å². The van der Waals surface area contributed by atoms with Crippen LogP contribution in [-0.4, -0.2) is 43.3 Å². The second-order valence-electron chi connectivity index (χ2n) is 3.85. The van der Waals surface area contributed by atoms with Crippen LogP contribution in [0.3, 0.4) is 0 Å². The van der Waals surface area contributed by atoms with Gasteiger partial charge >= 0.3 is 6.03 Å². The van der Waals surface area contributed by atoms with E-state index in [0.717, 1.165) is 0 Å². The Morgan fingerprint density at radius 2 is 2.11 bits per heavy atom. The van der Waals surface area contributed by atoms with E-state index in [1.54, 1.807) is 24.3 Å². The van der Waals surface area contributed by atoms with Crippen molar-refractivity contribution in [2.75, 3.05) is 31.7 Å². The Morgan fingerprint density at radius 1 is 1.32 bits per heavy atom. The summed E-state index contributed by atoms with van der Waals surface area (Å²) in [7, 11) is 0. The quantitative estimate of drug-likeness (QED) is 0.508. The maximum atomic E-state index is 11.5. The summed E-state index contributed by atoms with van der Waals surface area (Å²) >= 11 is 0. The van der Waals surface area contributed by atoms with Crippen LogP contribution in [0.5, 0.6) is 0 Å². The van der Waals surface area contributed by atoms with Gasteiger partial charge in [-0.05, 0) is 19.1 Å². The van der Waals surface area contributed by atoms with Crippen LogP contribution in [0.4, 0.5) is 10.5 Å². The third-order valence-corrected chi connectivity index (χ3v) is 2.29. The van der Waals surface area contributed by atoms with Crippen molar-refractivity contribution in [1.29, 1.82) is 0 Å². The zero-order valence-electron chi connectivity index (χ0n) is 10.8. The lowest BCUT2D eigenvalue weighted by atomic mass is 10.1. The molecule has 6 nitrogen and oxygen atoms in total. The lowest BCUT2D eigenvalue weighted by molar-refractivity contribution is 0.0950. The molecular weight excluding hydrogens is 248 g/mol. The minimum Gasteiger partial charge on any atom is -0.394 e. The van der Waals surface area contributed by atoms with Gasteiger partial charge in [-0.3, -0.25) is 4.79 Å². The number of rotatable bonds is 7. The van der Waals surface area contributed by atoms with E-state index in [1.165, 1.54) is 6.92 Å². The number of nitrogens with one attached hydrogen (secondary N) is 2. The molecule has 6 heteroatoms. The van der Waals surface area contributed by atoms with Crippen molar-refractivity contribution in [3.8, 4) is 0 Å². The molecule has 0 aliphatic carbocycles. The molecule has 0 aliphatic rings. The van der Waals surface area contributed by atoms with Gasteiger partial charge in [-0.2, -0.15) is 0 Å². The van der Waals surface area contributed by atoms with Crippen molar-refractivity contribution in [1.82, 2.24) is 5.32 Å². The Morgan fingerprint density at radius 3 is 2.79 bits per heavy atom. The highest BCUT2D eigenvalue weighted by atomic mass is 16.5. The molecule has 0 atom stereocenters. The molecule has 0 spiro atoms. The highest BCUT2D eigenvalue weighted by molar-refractivity contribution is 5.96. The maximum Gasteiger partial charge on any atom is 0.319 e. The monoisotopic (exact) mass is 266 g/mol. The molecule has 0 bridgehead atoms. The number of aliphatic hydroxyl groups is 1. The van der Waals surface area contributed by atoms with Crippen molar-refractivity contribution in [2.45, 2.75) is 6.92 Å². The second-order valence-corrected chi connectivity index (χ2v) is 3.85. The fraction of sp³-hybridized carbons (Fsp3) is 0.385. The smallest absolute Gasteiger partial charge is 0.319 e. The first-order valence-corrected chi connectivity index (χ1v) is 5.98. The van der Waals surface area contributed by atoms with Crippen molar-refractivity contribution >= 4 is 17.5 Å². The zero-order valence-corrected chi connectivity index (χ0v) is 10.8. The number of anilines is 1. The number of carbonyl (C=O) groups is 2. The molecule has 0 radical (unpaired) electrons. The molecule has 3 N–H and O–H groups in total. The molecule has 0 aliphatic heterocycles. The number of amides is 2. The largest absolute Gasteiger partial charge is 0.394 e. The molecule has 0 heterocycles. The van der Waals surface area contributed by atoms with Gasteiger partial charge in [-0.15, -0.1) is 0 Å². The van der Waals surface area contributed by atoms with Gasteiger partial charge in [0.1, 0.15) is 0 Å². The Kier molecular flexibility index (Phi) is 6.56. The Labute approximate surface area is 111 Å². The lowest BCUT2D eigenvalue weighted by Gasteiger charge is -2.08. The minimum atomic E-state index is -0.367. The van der Waals surface area contributed by atoms with Crippen LogP contribution >= 0.6 is 0 Å². The van der Waals surface area contributed by atoms with E-state index < -0.39 is 0 Å². The molecular formula is C13H18N2O4. The molecule has 0 saturated carbocycles. The van der Waals surface area contributed by atoms with Gasteiger partial charge < -0.3 is 20.5 Å². The zero-order chi connectivity index (χ0) is 14.1. The third kappa shape index (κ3) is 5.98. The number of Topliss-reactive ketones (excluding diaryl/α,β-unsaturated/α-hetero) is 1. The van der Waals surface area contributed by atoms with Gasteiger partial charge in [-0.25, -0.2) is 4.79 Å². The second kappa shape index (κ2) is 8.23. The molecule has 1 aromatic rings. The van der Waals surface area contributed by atoms with Crippen LogP contribution < -0.4 is 10.6 Å². The van der Waals surface area contributed by atoms with Crippen molar-refractivity contribution in [3.63, 3.8) is 0 Å². The number of hydrogen-bond donors (Lipinski definition) is 3. The van der Waals surface area contributed by atoms with E-state index >= 15 is 0 Å². The minimum absolute atomic E-state index is 0.0377. The summed E-state index contributed by atoms with van der Waals surface area (Å²) in [6, 6.07) is 6.34. The summed E-state index contributed by atoms with van der Waals surface area (Å²) in [6.07, 6.45) is 0. The molecule has 0 saturated heterocycles. The van der Waals surface area contributed by atoms with Crippen molar-refractivity contribution < 1.29 is 19.4 Å². The fourth-order valence-electron chi connectivity index (χ4n) is 1.39. The van der Waals surface area contributed by atoms with Crippen molar-refractivity contribution in [3.05, 3.63) is 29.8 Å². The van der Waals surface area contributed by atoms with E-state index in [4.69, 9.17) is 9.84 Å². The SMILES string of the molecule is CC(=O)c1cccc(NC(=O)NCCOCCO)c1. The topological polar surface area (TPSA) is 87.7 Å². The first kappa shape index (κ1) is 15.1. The summed E-state index contributed by atoms with van der Waals surface area (Å²) in [4.78, 5) is 22.7. The van der Waals surface area contributed by atoms with Gasteiger partial charge in [0.05, 0.1) is 19.8 Å². The number of hydrogen-bond acceptors (Lipinski definition) is 4. The third-order valence-electron chi connectivity index (χ3n) is 2.29. The van der Waals surface area contributed by atoms with Gasteiger partial charge in [-0.1, -0.05) is 12.1 Å². The molecule has 1 rings (SSSR count). The van der Waals surface area contributed by atoms with Crippen LogP contribution in [0.2, 0.25) is 0 Å². The molecule has 0 unspecified atom stereocenters. The number of benzene rings is 1. The van der Waals surface area contributed by atoms with E-state index in [-0.39, 0.29) is 25.0 Å². The molecule has 19 heavy (non-hydrogen) atoms. The number of aliphatic hydroxyl groups excluding tert-OH is 1. The van der Waals surface area contributed by atoms with Gasteiger partial charge in [0.2, 0.25) is 0 Å². The number of carbonyl (C=O) groups excluding carboxylic acids is 2. The average Bonchev–Trinajstić information content (AvgIpc) is 2.38. The summed E-state index contributed by atoms with van der Waals surface area (Å²) in [5.74, 6) is -0.0542. The highest BCUT2D eigenvalue weighted by Crippen LogP contribution is 2.10. The van der Waals surface area contributed by atoms with Crippen molar-refractivity contribution in [2.24, 2.45) is 0 Å². The highest BCUT2D eigenvalue weighted by Gasteiger charge is 2.03. The Bertz CT molecular complexity index is 434. The first-order valence-electron chi connectivity index (χ1n) is 5.98.